The second kappa shape index (κ2) is 6.62. The van der Waals surface area contributed by atoms with Gasteiger partial charge in [-0.2, -0.15) is 13.2 Å². The molecule has 1 saturated heterocycles. The summed E-state index contributed by atoms with van der Waals surface area (Å²) in [6.45, 7) is 1.14. The van der Waals surface area contributed by atoms with Crippen LogP contribution in [0.3, 0.4) is 0 Å². The molecular formula is C17H16F3N3O2. The third-order valence-corrected chi connectivity index (χ3v) is 4.01. The van der Waals surface area contributed by atoms with Crippen LogP contribution in [0.4, 0.5) is 18.9 Å². The molecule has 1 aromatic heterocycles. The van der Waals surface area contributed by atoms with Crippen molar-refractivity contribution >= 4 is 11.6 Å². The molecule has 1 aliphatic heterocycles. The molecule has 25 heavy (non-hydrogen) atoms. The summed E-state index contributed by atoms with van der Waals surface area (Å²) in [5.41, 5.74) is 5.72. The Balaban J connectivity index is 1.67. The second-order valence-electron chi connectivity index (χ2n) is 5.74. The van der Waals surface area contributed by atoms with Crippen LogP contribution in [0.2, 0.25) is 0 Å². The molecule has 0 unspecified atom stereocenters. The van der Waals surface area contributed by atoms with Crippen LogP contribution in [0.1, 0.15) is 22.3 Å². The number of hydrogen-bond donors (Lipinski definition) is 1. The van der Waals surface area contributed by atoms with E-state index in [9.17, 15) is 18.0 Å². The Labute approximate surface area is 142 Å². The molecule has 0 spiro atoms. The number of aromatic nitrogens is 1. The molecule has 0 radical (unpaired) electrons. The molecule has 1 fully saturated rings. The molecular weight excluding hydrogens is 335 g/mol. The van der Waals surface area contributed by atoms with E-state index >= 15 is 0 Å². The molecule has 0 aliphatic carbocycles. The zero-order valence-corrected chi connectivity index (χ0v) is 13.2. The number of benzene rings is 1. The number of nitrogens with zero attached hydrogens (tertiary/aromatic N) is 2. The topological polar surface area (TPSA) is 68.5 Å². The minimum absolute atomic E-state index is 0.142. The maximum absolute atomic E-state index is 12.5. The van der Waals surface area contributed by atoms with E-state index in [1.165, 1.54) is 6.07 Å². The summed E-state index contributed by atoms with van der Waals surface area (Å²) in [5.74, 6) is -0.368. The number of anilines is 1. The highest BCUT2D eigenvalue weighted by molar-refractivity contribution is 5.98. The third kappa shape index (κ3) is 3.84. The Hall–Kier alpha value is -2.77. The number of alkyl halides is 3. The van der Waals surface area contributed by atoms with Gasteiger partial charge in [-0.05, 0) is 18.2 Å². The first kappa shape index (κ1) is 17.1. The minimum Gasteiger partial charge on any atom is -0.472 e. The zero-order chi connectivity index (χ0) is 18.0. The highest BCUT2D eigenvalue weighted by Gasteiger charge is 2.31. The molecule has 0 saturated carbocycles. The normalized spacial score (nSPS) is 17.6. The molecule has 2 aromatic rings. The van der Waals surface area contributed by atoms with Gasteiger partial charge in [-0.3, -0.25) is 4.79 Å². The quantitative estimate of drug-likeness (QED) is 0.920. The summed E-state index contributed by atoms with van der Waals surface area (Å²) < 4.78 is 43.3. The minimum atomic E-state index is -4.42. The van der Waals surface area contributed by atoms with Crippen LogP contribution < -0.4 is 15.4 Å². The predicted octanol–water partition coefficient (Wildman–Crippen LogP) is 2.86. The van der Waals surface area contributed by atoms with Crippen LogP contribution in [0.5, 0.6) is 5.88 Å². The summed E-state index contributed by atoms with van der Waals surface area (Å²) in [4.78, 5) is 17.2. The maximum atomic E-state index is 12.5. The third-order valence-electron chi connectivity index (χ3n) is 4.01. The molecule has 1 amide bonds. The standard InChI is InChI=1S/C17H16F3N3O2/c18-17(19,20)11-5-6-15(22-9-11)25-12-7-8-23(10-12)14-4-2-1-3-13(14)16(21)24/h1-6,9,12H,7-8,10H2,(H2,21,24)/t12-/m0/s1. The first-order chi connectivity index (χ1) is 11.8. The lowest BCUT2D eigenvalue weighted by Crippen LogP contribution is -2.27. The highest BCUT2D eigenvalue weighted by atomic mass is 19.4. The number of para-hydroxylation sites is 1. The smallest absolute Gasteiger partial charge is 0.417 e. The molecule has 5 nitrogen and oxygen atoms in total. The average molecular weight is 351 g/mol. The molecule has 8 heteroatoms. The van der Waals surface area contributed by atoms with Crippen LogP contribution in [-0.4, -0.2) is 30.1 Å². The van der Waals surface area contributed by atoms with Crippen molar-refractivity contribution in [1.82, 2.24) is 4.98 Å². The highest BCUT2D eigenvalue weighted by Crippen LogP contribution is 2.30. The first-order valence-electron chi connectivity index (χ1n) is 7.68. The molecule has 0 bridgehead atoms. The lowest BCUT2D eigenvalue weighted by atomic mass is 10.1. The Morgan fingerprint density at radius 3 is 2.64 bits per heavy atom. The van der Waals surface area contributed by atoms with Gasteiger partial charge in [0.05, 0.1) is 17.7 Å². The molecule has 132 valence electrons. The molecule has 2 heterocycles. The monoisotopic (exact) mass is 351 g/mol. The van der Waals surface area contributed by atoms with Gasteiger partial charge < -0.3 is 15.4 Å². The van der Waals surface area contributed by atoms with E-state index in [0.717, 1.165) is 18.0 Å². The number of pyridine rings is 1. The van der Waals surface area contributed by atoms with Crippen molar-refractivity contribution < 1.29 is 22.7 Å². The Kier molecular flexibility index (Phi) is 4.52. The van der Waals surface area contributed by atoms with Gasteiger partial charge in [0.2, 0.25) is 5.88 Å². The Morgan fingerprint density at radius 1 is 1.24 bits per heavy atom. The fourth-order valence-electron chi connectivity index (χ4n) is 2.79. The summed E-state index contributed by atoms with van der Waals surface area (Å²) in [7, 11) is 0. The maximum Gasteiger partial charge on any atom is 0.417 e. The van der Waals surface area contributed by atoms with E-state index in [1.807, 2.05) is 11.0 Å². The largest absolute Gasteiger partial charge is 0.472 e. The van der Waals surface area contributed by atoms with Gasteiger partial charge >= 0.3 is 6.18 Å². The number of rotatable bonds is 4. The molecule has 1 aliphatic rings. The van der Waals surface area contributed by atoms with E-state index in [2.05, 4.69) is 4.98 Å². The number of amides is 1. The number of hydrogen-bond acceptors (Lipinski definition) is 4. The molecule has 3 rings (SSSR count). The van der Waals surface area contributed by atoms with E-state index in [-0.39, 0.29) is 12.0 Å². The zero-order valence-electron chi connectivity index (χ0n) is 13.2. The predicted molar refractivity (Wildman–Crippen MR) is 85.4 cm³/mol. The van der Waals surface area contributed by atoms with E-state index < -0.39 is 17.6 Å². The first-order valence-corrected chi connectivity index (χ1v) is 7.68. The second-order valence-corrected chi connectivity index (χ2v) is 5.74. The summed E-state index contributed by atoms with van der Waals surface area (Å²) in [6, 6.07) is 9.16. The van der Waals surface area contributed by atoms with Gasteiger partial charge in [0.25, 0.3) is 5.91 Å². The number of carbonyl (C=O) groups excluding carboxylic acids is 1. The van der Waals surface area contributed by atoms with Crippen molar-refractivity contribution in [3.05, 3.63) is 53.7 Å². The van der Waals surface area contributed by atoms with Crippen molar-refractivity contribution in [3.8, 4) is 5.88 Å². The number of halogens is 3. The lowest BCUT2D eigenvalue weighted by molar-refractivity contribution is -0.137. The van der Waals surface area contributed by atoms with Crippen molar-refractivity contribution in [2.75, 3.05) is 18.0 Å². The molecule has 1 aromatic carbocycles. The summed E-state index contributed by atoms with van der Waals surface area (Å²) >= 11 is 0. The van der Waals surface area contributed by atoms with Crippen LogP contribution in [-0.2, 0) is 6.18 Å². The van der Waals surface area contributed by atoms with Gasteiger partial charge in [-0.1, -0.05) is 12.1 Å². The van der Waals surface area contributed by atoms with Gasteiger partial charge in [0.1, 0.15) is 6.10 Å². The number of nitrogens with two attached hydrogens (primary N) is 1. The Bertz CT molecular complexity index is 762. The van der Waals surface area contributed by atoms with Gasteiger partial charge in [-0.15, -0.1) is 0 Å². The van der Waals surface area contributed by atoms with Crippen molar-refractivity contribution in [3.63, 3.8) is 0 Å². The van der Waals surface area contributed by atoms with Gasteiger partial charge in [0, 0.05) is 30.9 Å². The number of ether oxygens (including phenoxy) is 1. The van der Waals surface area contributed by atoms with Crippen molar-refractivity contribution in [1.29, 1.82) is 0 Å². The van der Waals surface area contributed by atoms with E-state index in [4.69, 9.17) is 10.5 Å². The number of carbonyl (C=O) groups is 1. The van der Waals surface area contributed by atoms with Crippen molar-refractivity contribution in [2.24, 2.45) is 5.73 Å². The van der Waals surface area contributed by atoms with E-state index in [1.54, 1.807) is 18.2 Å². The van der Waals surface area contributed by atoms with Crippen LogP contribution in [0.15, 0.2) is 42.6 Å². The fraction of sp³-hybridized carbons (Fsp3) is 0.294. The van der Waals surface area contributed by atoms with Gasteiger partial charge in [-0.25, -0.2) is 4.98 Å². The number of primary amides is 1. The Morgan fingerprint density at radius 2 is 2.00 bits per heavy atom. The molecule has 1 atom stereocenters. The molecule has 2 N–H and O–H groups in total. The fourth-order valence-corrected chi connectivity index (χ4v) is 2.79. The average Bonchev–Trinajstić information content (AvgIpc) is 3.03. The summed E-state index contributed by atoms with van der Waals surface area (Å²) in [5, 5.41) is 0. The SMILES string of the molecule is NC(=O)c1ccccc1N1CC[C@H](Oc2ccc(C(F)(F)F)cn2)C1. The van der Waals surface area contributed by atoms with Crippen LogP contribution in [0, 0.1) is 0 Å². The summed E-state index contributed by atoms with van der Waals surface area (Å²) in [6.07, 6.45) is -3.24. The van der Waals surface area contributed by atoms with E-state index in [0.29, 0.717) is 25.1 Å². The van der Waals surface area contributed by atoms with Crippen molar-refractivity contribution in [2.45, 2.75) is 18.7 Å². The van der Waals surface area contributed by atoms with Crippen LogP contribution in [0.25, 0.3) is 0 Å². The van der Waals surface area contributed by atoms with Crippen LogP contribution >= 0.6 is 0 Å². The van der Waals surface area contributed by atoms with Gasteiger partial charge in [0.15, 0.2) is 0 Å². The lowest BCUT2D eigenvalue weighted by Gasteiger charge is -2.21.